The van der Waals surface area contributed by atoms with Gasteiger partial charge in [-0.05, 0) is 86.7 Å². The van der Waals surface area contributed by atoms with Crippen molar-refractivity contribution in [3.05, 3.63) is 82.4 Å². The van der Waals surface area contributed by atoms with Gasteiger partial charge in [0.1, 0.15) is 5.75 Å². The zero-order valence-electron chi connectivity index (χ0n) is 18.0. The van der Waals surface area contributed by atoms with Crippen LogP contribution in [-0.2, 0) is 0 Å². The minimum Gasteiger partial charge on any atom is -0.507 e. The Morgan fingerprint density at radius 3 is 1.50 bits per heavy atom. The van der Waals surface area contributed by atoms with Crippen molar-refractivity contribution < 1.29 is 5.11 Å². The Kier molecular flexibility index (Phi) is 5.08. The van der Waals surface area contributed by atoms with Crippen molar-refractivity contribution in [3.63, 3.8) is 0 Å². The van der Waals surface area contributed by atoms with E-state index in [0.717, 1.165) is 16.7 Å². The molecule has 1 aromatic heterocycles. The van der Waals surface area contributed by atoms with E-state index in [-0.39, 0.29) is 5.75 Å². The summed E-state index contributed by atoms with van der Waals surface area (Å²) in [6.07, 6.45) is 0. The third kappa shape index (κ3) is 3.81. The Balaban J connectivity index is 1.95. The number of nitrogens with zero attached hydrogens (tertiary/aromatic N) is 3. The van der Waals surface area contributed by atoms with Crippen molar-refractivity contribution in [1.29, 1.82) is 0 Å². The Morgan fingerprint density at radius 1 is 0.533 bits per heavy atom. The molecule has 0 radical (unpaired) electrons. The molecule has 0 fully saturated rings. The number of phenols is 1. The van der Waals surface area contributed by atoms with Gasteiger partial charge in [-0.2, -0.15) is 0 Å². The SMILES string of the molecule is Cc1ccc(-c2nc(-c3ccc(C)c(C)c3)nc(-c3ccc(C)c(C)c3)n2)c(O)c1. The molecule has 0 atom stereocenters. The summed E-state index contributed by atoms with van der Waals surface area (Å²) in [6.45, 7) is 10.3. The molecular weight excluding hydrogens is 370 g/mol. The van der Waals surface area contributed by atoms with Crippen molar-refractivity contribution >= 4 is 0 Å². The Labute approximate surface area is 177 Å². The summed E-state index contributed by atoms with van der Waals surface area (Å²) in [5.74, 6) is 1.81. The summed E-state index contributed by atoms with van der Waals surface area (Å²) in [5, 5.41) is 10.5. The van der Waals surface area contributed by atoms with Crippen LogP contribution in [0.25, 0.3) is 34.2 Å². The number of hydrogen-bond donors (Lipinski definition) is 1. The Bertz CT molecular complexity index is 1190. The normalized spacial score (nSPS) is 11.0. The monoisotopic (exact) mass is 395 g/mol. The molecular formula is C26H25N3O. The van der Waals surface area contributed by atoms with Gasteiger partial charge in [-0.1, -0.05) is 30.3 Å². The second-order valence-electron chi connectivity index (χ2n) is 7.92. The Hall–Kier alpha value is -3.53. The molecule has 0 saturated heterocycles. The highest BCUT2D eigenvalue weighted by Crippen LogP contribution is 2.31. The average molecular weight is 396 g/mol. The van der Waals surface area contributed by atoms with E-state index in [1.807, 2.05) is 31.2 Å². The van der Waals surface area contributed by atoms with Crippen LogP contribution >= 0.6 is 0 Å². The molecule has 4 heteroatoms. The van der Waals surface area contributed by atoms with Crippen molar-refractivity contribution in [2.24, 2.45) is 0 Å². The van der Waals surface area contributed by atoms with Gasteiger partial charge < -0.3 is 5.11 Å². The molecule has 0 saturated carbocycles. The van der Waals surface area contributed by atoms with Gasteiger partial charge in [0, 0.05) is 11.1 Å². The molecule has 1 N–H and O–H groups in total. The van der Waals surface area contributed by atoms with Crippen LogP contribution in [0, 0.1) is 34.6 Å². The number of rotatable bonds is 3. The number of hydrogen-bond acceptors (Lipinski definition) is 4. The highest BCUT2D eigenvalue weighted by Gasteiger charge is 2.15. The second kappa shape index (κ2) is 7.71. The van der Waals surface area contributed by atoms with E-state index >= 15 is 0 Å². The highest BCUT2D eigenvalue weighted by atomic mass is 16.3. The highest BCUT2D eigenvalue weighted by molar-refractivity contribution is 5.70. The fourth-order valence-electron chi connectivity index (χ4n) is 3.35. The van der Waals surface area contributed by atoms with E-state index in [0.29, 0.717) is 23.0 Å². The number of phenolic OH excluding ortho intramolecular Hbond substituents is 1. The fourth-order valence-corrected chi connectivity index (χ4v) is 3.35. The molecule has 0 aliphatic carbocycles. The van der Waals surface area contributed by atoms with E-state index in [1.54, 1.807) is 6.07 Å². The first-order valence-corrected chi connectivity index (χ1v) is 10.0. The first kappa shape index (κ1) is 19.8. The summed E-state index contributed by atoms with van der Waals surface area (Å²) >= 11 is 0. The Morgan fingerprint density at radius 2 is 1.03 bits per heavy atom. The van der Waals surface area contributed by atoms with Crippen LogP contribution in [0.1, 0.15) is 27.8 Å². The zero-order chi connectivity index (χ0) is 21.4. The lowest BCUT2D eigenvalue weighted by atomic mass is 10.0. The summed E-state index contributed by atoms with van der Waals surface area (Å²) in [6, 6.07) is 17.9. The molecule has 0 aliphatic heterocycles. The predicted molar refractivity (Wildman–Crippen MR) is 121 cm³/mol. The van der Waals surface area contributed by atoms with Crippen LogP contribution in [0.15, 0.2) is 54.6 Å². The molecule has 30 heavy (non-hydrogen) atoms. The van der Waals surface area contributed by atoms with Crippen molar-refractivity contribution in [2.75, 3.05) is 0 Å². The van der Waals surface area contributed by atoms with Crippen molar-refractivity contribution in [1.82, 2.24) is 15.0 Å². The quantitative estimate of drug-likeness (QED) is 0.454. The van der Waals surface area contributed by atoms with Gasteiger partial charge in [-0.25, -0.2) is 15.0 Å². The van der Waals surface area contributed by atoms with Crippen molar-refractivity contribution in [2.45, 2.75) is 34.6 Å². The van der Waals surface area contributed by atoms with Crippen LogP contribution in [0.4, 0.5) is 0 Å². The smallest absolute Gasteiger partial charge is 0.167 e. The summed E-state index contributed by atoms with van der Waals surface area (Å²) in [7, 11) is 0. The van der Waals surface area contributed by atoms with Gasteiger partial charge in [-0.15, -0.1) is 0 Å². The third-order valence-electron chi connectivity index (χ3n) is 5.56. The van der Waals surface area contributed by atoms with Crippen LogP contribution in [0.2, 0.25) is 0 Å². The largest absolute Gasteiger partial charge is 0.507 e. The molecule has 0 aliphatic rings. The van der Waals surface area contributed by atoms with E-state index in [9.17, 15) is 5.11 Å². The molecule has 0 bridgehead atoms. The van der Waals surface area contributed by atoms with Gasteiger partial charge in [0.2, 0.25) is 0 Å². The molecule has 0 unspecified atom stereocenters. The van der Waals surface area contributed by atoms with E-state index < -0.39 is 0 Å². The van der Waals surface area contributed by atoms with Crippen molar-refractivity contribution in [3.8, 4) is 39.9 Å². The first-order valence-electron chi connectivity index (χ1n) is 10.0. The lowest BCUT2D eigenvalue weighted by Crippen LogP contribution is -2.01. The number of aryl methyl sites for hydroxylation is 5. The van der Waals surface area contributed by atoms with Gasteiger partial charge in [0.25, 0.3) is 0 Å². The molecule has 150 valence electrons. The number of aromatic nitrogens is 3. The second-order valence-corrected chi connectivity index (χ2v) is 7.92. The van der Waals surface area contributed by atoms with Gasteiger partial charge >= 0.3 is 0 Å². The van der Waals surface area contributed by atoms with Crippen LogP contribution < -0.4 is 0 Å². The minimum atomic E-state index is 0.165. The van der Waals surface area contributed by atoms with E-state index in [2.05, 4.69) is 52.0 Å². The number of benzene rings is 3. The lowest BCUT2D eigenvalue weighted by Gasteiger charge is -2.11. The first-order chi connectivity index (χ1) is 14.3. The van der Waals surface area contributed by atoms with E-state index in [1.165, 1.54) is 22.3 Å². The molecule has 4 nitrogen and oxygen atoms in total. The maximum atomic E-state index is 10.5. The predicted octanol–water partition coefficient (Wildman–Crippen LogP) is 6.12. The maximum absolute atomic E-state index is 10.5. The fraction of sp³-hybridized carbons (Fsp3) is 0.192. The zero-order valence-corrected chi connectivity index (χ0v) is 18.0. The standard InChI is InChI=1S/C26H25N3O/c1-15-6-11-22(23(30)12-15)26-28-24(20-9-7-16(2)18(4)13-20)27-25(29-26)21-10-8-17(3)19(5)14-21/h6-14,30H,1-5H3. The summed E-state index contributed by atoms with van der Waals surface area (Å²) in [5.41, 5.74) is 8.24. The molecule has 1 heterocycles. The van der Waals surface area contributed by atoms with Gasteiger partial charge in [-0.3, -0.25) is 0 Å². The molecule has 4 rings (SSSR count). The van der Waals surface area contributed by atoms with Gasteiger partial charge in [0.15, 0.2) is 17.5 Å². The lowest BCUT2D eigenvalue weighted by molar-refractivity contribution is 0.476. The minimum absolute atomic E-state index is 0.165. The van der Waals surface area contributed by atoms with Crippen LogP contribution in [-0.4, -0.2) is 20.1 Å². The molecule has 0 amide bonds. The average Bonchev–Trinajstić information content (AvgIpc) is 2.71. The maximum Gasteiger partial charge on any atom is 0.167 e. The van der Waals surface area contributed by atoms with Gasteiger partial charge in [0.05, 0.1) is 5.56 Å². The molecule has 3 aromatic carbocycles. The topological polar surface area (TPSA) is 58.9 Å². The molecule has 4 aromatic rings. The number of aromatic hydroxyl groups is 1. The third-order valence-corrected chi connectivity index (χ3v) is 5.56. The van der Waals surface area contributed by atoms with Crippen LogP contribution in [0.5, 0.6) is 5.75 Å². The molecule has 0 spiro atoms. The summed E-state index contributed by atoms with van der Waals surface area (Å²) < 4.78 is 0. The van der Waals surface area contributed by atoms with E-state index in [4.69, 9.17) is 15.0 Å². The van der Waals surface area contributed by atoms with Crippen LogP contribution in [0.3, 0.4) is 0 Å². The summed E-state index contributed by atoms with van der Waals surface area (Å²) in [4.78, 5) is 14.2.